The summed E-state index contributed by atoms with van der Waals surface area (Å²) in [4.78, 5) is 0. The molecule has 0 aliphatic carbocycles. The molecule has 18 heavy (non-hydrogen) atoms. The highest BCUT2D eigenvalue weighted by atomic mass is 16.6. The first-order valence-corrected chi connectivity index (χ1v) is 5.88. The molecular weight excluding hydrogens is 230 g/mol. The van der Waals surface area contributed by atoms with E-state index in [0.29, 0.717) is 12.6 Å². The number of ether oxygens (including phenoxy) is 1. The molecular formula is C13H17N3O2. The third-order valence-corrected chi connectivity index (χ3v) is 2.94. The van der Waals surface area contributed by atoms with Crippen molar-refractivity contribution in [2.75, 3.05) is 7.05 Å². The third-order valence-electron chi connectivity index (χ3n) is 2.94. The first kappa shape index (κ1) is 12.6. The Hall–Kier alpha value is -1.88. The van der Waals surface area contributed by atoms with Crippen LogP contribution in [-0.2, 0) is 6.61 Å². The summed E-state index contributed by atoms with van der Waals surface area (Å²) in [5, 5.41) is 10.7. The van der Waals surface area contributed by atoms with E-state index in [4.69, 9.17) is 4.74 Å². The van der Waals surface area contributed by atoms with Crippen LogP contribution in [0.3, 0.4) is 0 Å². The van der Waals surface area contributed by atoms with Gasteiger partial charge in [0.15, 0.2) is 0 Å². The van der Waals surface area contributed by atoms with Crippen molar-refractivity contribution >= 4 is 0 Å². The van der Waals surface area contributed by atoms with Gasteiger partial charge in [-0.1, -0.05) is 22.4 Å². The zero-order chi connectivity index (χ0) is 13.0. The lowest BCUT2D eigenvalue weighted by Gasteiger charge is -2.11. The maximum atomic E-state index is 5.62. The summed E-state index contributed by atoms with van der Waals surface area (Å²) < 4.78 is 10.2. The van der Waals surface area contributed by atoms with Crippen LogP contribution in [0.4, 0.5) is 0 Å². The molecule has 0 amide bonds. The molecule has 1 atom stereocenters. The van der Waals surface area contributed by atoms with E-state index < -0.39 is 0 Å². The Bertz CT molecular complexity index is 493. The van der Waals surface area contributed by atoms with E-state index >= 15 is 0 Å². The Labute approximate surface area is 106 Å². The van der Waals surface area contributed by atoms with Crippen LogP contribution in [0.15, 0.2) is 28.9 Å². The molecule has 1 aromatic heterocycles. The largest absolute Gasteiger partial charge is 0.487 e. The van der Waals surface area contributed by atoms with Crippen molar-refractivity contribution in [2.45, 2.75) is 26.5 Å². The predicted octanol–water partition coefficient (Wildman–Crippen LogP) is 2.24. The van der Waals surface area contributed by atoms with Gasteiger partial charge in [0.1, 0.15) is 23.7 Å². The minimum absolute atomic E-state index is 0.334. The summed E-state index contributed by atoms with van der Waals surface area (Å²) >= 11 is 0. The number of nitrogens with zero attached hydrogens (tertiary/aromatic N) is 2. The highest BCUT2D eigenvalue weighted by Gasteiger charge is 2.06. The van der Waals surface area contributed by atoms with Gasteiger partial charge in [0.2, 0.25) is 0 Å². The van der Waals surface area contributed by atoms with E-state index in [9.17, 15) is 0 Å². The minimum atomic E-state index is 0.334. The van der Waals surface area contributed by atoms with Crippen molar-refractivity contribution in [3.8, 4) is 5.75 Å². The van der Waals surface area contributed by atoms with E-state index in [0.717, 1.165) is 17.1 Å². The zero-order valence-electron chi connectivity index (χ0n) is 10.8. The third kappa shape index (κ3) is 2.87. The number of aromatic nitrogens is 2. The average molecular weight is 247 g/mol. The average Bonchev–Trinajstić information content (AvgIpc) is 2.81. The molecule has 0 saturated heterocycles. The molecule has 96 valence electrons. The SMILES string of the molecule is CNC(C)c1ccc(OCc2nonc2C)cc1. The van der Waals surface area contributed by atoms with E-state index in [-0.39, 0.29) is 0 Å². The van der Waals surface area contributed by atoms with Crippen molar-refractivity contribution in [2.24, 2.45) is 0 Å². The lowest BCUT2D eigenvalue weighted by Crippen LogP contribution is -2.11. The number of benzene rings is 1. The van der Waals surface area contributed by atoms with Gasteiger partial charge < -0.3 is 10.1 Å². The summed E-state index contributed by atoms with van der Waals surface area (Å²) in [6, 6.07) is 8.33. The van der Waals surface area contributed by atoms with E-state index in [1.807, 2.05) is 38.2 Å². The minimum Gasteiger partial charge on any atom is -0.487 e. The Morgan fingerprint density at radius 2 is 2.00 bits per heavy atom. The molecule has 5 heteroatoms. The van der Waals surface area contributed by atoms with Crippen molar-refractivity contribution in [1.82, 2.24) is 15.6 Å². The number of nitrogens with one attached hydrogen (secondary N) is 1. The van der Waals surface area contributed by atoms with Crippen molar-refractivity contribution in [3.05, 3.63) is 41.2 Å². The molecule has 0 bridgehead atoms. The standard InChI is InChI=1S/C13H17N3O2/c1-9(14-3)11-4-6-12(7-5-11)17-8-13-10(2)15-18-16-13/h4-7,9,14H,8H2,1-3H3. The van der Waals surface area contributed by atoms with Crippen LogP contribution >= 0.6 is 0 Å². The fourth-order valence-corrected chi connectivity index (χ4v) is 1.55. The van der Waals surface area contributed by atoms with Crippen LogP contribution in [0, 0.1) is 6.92 Å². The van der Waals surface area contributed by atoms with Gasteiger partial charge in [0, 0.05) is 6.04 Å². The van der Waals surface area contributed by atoms with Gasteiger partial charge in [0.25, 0.3) is 0 Å². The van der Waals surface area contributed by atoms with Gasteiger partial charge in [-0.05, 0) is 38.6 Å². The van der Waals surface area contributed by atoms with Crippen LogP contribution in [0.25, 0.3) is 0 Å². The molecule has 0 radical (unpaired) electrons. The fraction of sp³-hybridized carbons (Fsp3) is 0.385. The van der Waals surface area contributed by atoms with Gasteiger partial charge in [-0.3, -0.25) is 0 Å². The van der Waals surface area contributed by atoms with Crippen LogP contribution in [0.5, 0.6) is 5.75 Å². The van der Waals surface area contributed by atoms with Crippen molar-refractivity contribution < 1.29 is 9.37 Å². The van der Waals surface area contributed by atoms with Crippen molar-refractivity contribution in [3.63, 3.8) is 0 Å². The molecule has 1 heterocycles. The maximum Gasteiger partial charge on any atom is 0.145 e. The second-order valence-electron chi connectivity index (χ2n) is 4.16. The second kappa shape index (κ2) is 5.64. The summed E-state index contributed by atoms with van der Waals surface area (Å²) in [5.74, 6) is 0.810. The molecule has 2 rings (SSSR count). The summed E-state index contributed by atoms with van der Waals surface area (Å²) in [7, 11) is 1.94. The number of aryl methyl sites for hydroxylation is 1. The Morgan fingerprint density at radius 1 is 1.28 bits per heavy atom. The smallest absolute Gasteiger partial charge is 0.145 e. The molecule has 0 saturated carbocycles. The second-order valence-corrected chi connectivity index (χ2v) is 4.16. The fourth-order valence-electron chi connectivity index (χ4n) is 1.55. The normalized spacial score (nSPS) is 12.4. The van der Waals surface area contributed by atoms with Gasteiger partial charge in [-0.2, -0.15) is 0 Å². The molecule has 0 aliphatic rings. The van der Waals surface area contributed by atoms with Gasteiger partial charge in [0.05, 0.1) is 0 Å². The highest BCUT2D eigenvalue weighted by molar-refractivity contribution is 5.29. The van der Waals surface area contributed by atoms with Gasteiger partial charge >= 0.3 is 0 Å². The summed E-state index contributed by atoms with van der Waals surface area (Å²) in [6.45, 7) is 4.32. The Morgan fingerprint density at radius 3 is 2.56 bits per heavy atom. The molecule has 1 N–H and O–H groups in total. The Kier molecular flexibility index (Phi) is 3.94. The van der Waals surface area contributed by atoms with Crippen LogP contribution in [0.1, 0.15) is 29.9 Å². The van der Waals surface area contributed by atoms with Crippen LogP contribution in [0.2, 0.25) is 0 Å². The monoisotopic (exact) mass is 247 g/mol. The molecule has 1 unspecified atom stereocenters. The number of hydrogen-bond acceptors (Lipinski definition) is 5. The summed E-state index contributed by atoms with van der Waals surface area (Å²) in [5.41, 5.74) is 2.71. The van der Waals surface area contributed by atoms with Crippen LogP contribution in [-0.4, -0.2) is 17.4 Å². The number of hydrogen-bond donors (Lipinski definition) is 1. The van der Waals surface area contributed by atoms with Crippen molar-refractivity contribution in [1.29, 1.82) is 0 Å². The quantitative estimate of drug-likeness (QED) is 0.878. The van der Waals surface area contributed by atoms with E-state index in [1.165, 1.54) is 5.56 Å². The van der Waals surface area contributed by atoms with Gasteiger partial charge in [-0.25, -0.2) is 4.63 Å². The lowest BCUT2D eigenvalue weighted by molar-refractivity contribution is 0.270. The lowest BCUT2D eigenvalue weighted by atomic mass is 10.1. The predicted molar refractivity (Wildman–Crippen MR) is 67.3 cm³/mol. The zero-order valence-corrected chi connectivity index (χ0v) is 10.8. The van der Waals surface area contributed by atoms with Crippen LogP contribution < -0.4 is 10.1 Å². The topological polar surface area (TPSA) is 60.2 Å². The van der Waals surface area contributed by atoms with E-state index in [2.05, 4.69) is 27.2 Å². The molecule has 2 aromatic rings. The molecule has 0 fully saturated rings. The Balaban J connectivity index is 1.96. The molecule has 0 spiro atoms. The first-order valence-electron chi connectivity index (χ1n) is 5.88. The number of rotatable bonds is 5. The maximum absolute atomic E-state index is 5.62. The molecule has 1 aromatic carbocycles. The first-order chi connectivity index (χ1) is 8.70. The van der Waals surface area contributed by atoms with Gasteiger partial charge in [-0.15, -0.1) is 0 Å². The van der Waals surface area contributed by atoms with E-state index in [1.54, 1.807) is 0 Å². The molecule has 5 nitrogen and oxygen atoms in total. The highest BCUT2D eigenvalue weighted by Crippen LogP contribution is 2.18. The summed E-state index contributed by atoms with van der Waals surface area (Å²) in [6.07, 6.45) is 0. The molecule has 0 aliphatic heterocycles.